The zero-order valence-electron chi connectivity index (χ0n) is 11.1. The van der Waals surface area contributed by atoms with E-state index in [9.17, 15) is 4.79 Å². The van der Waals surface area contributed by atoms with Gasteiger partial charge in [-0.25, -0.2) is 0 Å². The maximum absolute atomic E-state index is 12.1. The first-order valence-electron chi connectivity index (χ1n) is 6.31. The van der Waals surface area contributed by atoms with Gasteiger partial charge in [0.05, 0.1) is 12.2 Å². The van der Waals surface area contributed by atoms with Gasteiger partial charge in [-0.3, -0.25) is 9.78 Å². The number of nitrogens with one attached hydrogen (secondary N) is 1. The third kappa shape index (κ3) is 4.60. The van der Waals surface area contributed by atoms with Gasteiger partial charge in [0, 0.05) is 35.1 Å². The van der Waals surface area contributed by atoms with Crippen LogP contribution in [-0.2, 0) is 0 Å². The Morgan fingerprint density at radius 2 is 2.05 bits per heavy atom. The summed E-state index contributed by atoms with van der Waals surface area (Å²) in [5, 5.41) is 12.0. The summed E-state index contributed by atoms with van der Waals surface area (Å²) < 4.78 is 0. The molecule has 0 saturated carbocycles. The van der Waals surface area contributed by atoms with Crippen LogP contribution < -0.4 is 5.32 Å². The lowest BCUT2D eigenvalue weighted by molar-refractivity contribution is 0.102. The molecular weight excluding hydrogens is 288 g/mol. The van der Waals surface area contributed by atoms with E-state index in [0.29, 0.717) is 28.3 Å². The summed E-state index contributed by atoms with van der Waals surface area (Å²) in [7, 11) is 0. The molecule has 0 fully saturated rings. The summed E-state index contributed by atoms with van der Waals surface area (Å²) in [5.74, 6) is 5.36. The van der Waals surface area contributed by atoms with Gasteiger partial charge in [0.15, 0.2) is 0 Å². The van der Waals surface area contributed by atoms with Crippen molar-refractivity contribution in [1.82, 2.24) is 4.98 Å². The predicted octanol–water partition coefficient (Wildman–Crippen LogP) is 2.72. The Kier molecular flexibility index (Phi) is 5.33. The average Bonchev–Trinajstić information content (AvgIpc) is 2.50. The summed E-state index contributed by atoms with van der Waals surface area (Å²) in [4.78, 5) is 16.1. The lowest BCUT2D eigenvalue weighted by Gasteiger charge is -2.05. The second-order valence-corrected chi connectivity index (χ2v) is 4.64. The van der Waals surface area contributed by atoms with E-state index in [0.717, 1.165) is 0 Å². The molecule has 2 rings (SSSR count). The molecule has 1 aromatic carbocycles. The molecule has 0 saturated heterocycles. The molecule has 4 nitrogen and oxygen atoms in total. The van der Waals surface area contributed by atoms with Crippen LogP contribution >= 0.6 is 11.6 Å². The zero-order chi connectivity index (χ0) is 15.1. The number of carbonyl (C=O) groups is 1. The summed E-state index contributed by atoms with van der Waals surface area (Å²) in [6.07, 6.45) is 3.44. The SMILES string of the molecule is O=C(Nc1ccc(Cl)cc1)c1cncc(C#CCCO)c1. The van der Waals surface area contributed by atoms with E-state index in [1.165, 1.54) is 6.20 Å². The van der Waals surface area contributed by atoms with Crippen LogP contribution in [0.4, 0.5) is 5.69 Å². The number of benzene rings is 1. The van der Waals surface area contributed by atoms with Crippen LogP contribution in [0.1, 0.15) is 22.3 Å². The van der Waals surface area contributed by atoms with Gasteiger partial charge in [0.1, 0.15) is 0 Å². The minimum absolute atomic E-state index is 0.0111. The highest BCUT2D eigenvalue weighted by Crippen LogP contribution is 2.14. The van der Waals surface area contributed by atoms with Gasteiger partial charge in [-0.05, 0) is 30.3 Å². The molecule has 0 unspecified atom stereocenters. The number of pyridine rings is 1. The number of hydrogen-bond acceptors (Lipinski definition) is 3. The summed E-state index contributed by atoms with van der Waals surface area (Å²) in [6, 6.07) is 8.50. The highest BCUT2D eigenvalue weighted by atomic mass is 35.5. The first-order chi connectivity index (χ1) is 10.2. The van der Waals surface area contributed by atoms with Crippen molar-refractivity contribution < 1.29 is 9.90 Å². The van der Waals surface area contributed by atoms with Gasteiger partial charge in [0.2, 0.25) is 0 Å². The number of halogens is 1. The van der Waals surface area contributed by atoms with Crippen LogP contribution in [0.15, 0.2) is 42.7 Å². The normalized spacial score (nSPS) is 9.62. The van der Waals surface area contributed by atoms with E-state index >= 15 is 0 Å². The number of carbonyl (C=O) groups excluding carboxylic acids is 1. The predicted molar refractivity (Wildman–Crippen MR) is 82.2 cm³/mol. The van der Waals surface area contributed by atoms with Crippen molar-refractivity contribution in [1.29, 1.82) is 0 Å². The number of rotatable bonds is 3. The number of amides is 1. The molecule has 0 aliphatic heterocycles. The first-order valence-corrected chi connectivity index (χ1v) is 6.68. The molecular formula is C16H13ClN2O2. The van der Waals surface area contributed by atoms with Gasteiger partial charge in [-0.15, -0.1) is 0 Å². The lowest BCUT2D eigenvalue weighted by Crippen LogP contribution is -2.12. The maximum Gasteiger partial charge on any atom is 0.257 e. The molecule has 0 bridgehead atoms. The fraction of sp³-hybridized carbons (Fsp3) is 0.125. The van der Waals surface area contributed by atoms with E-state index in [-0.39, 0.29) is 12.5 Å². The fourth-order valence-electron chi connectivity index (χ4n) is 1.59. The largest absolute Gasteiger partial charge is 0.395 e. The Hall–Kier alpha value is -2.35. The van der Waals surface area contributed by atoms with E-state index < -0.39 is 0 Å². The van der Waals surface area contributed by atoms with Crippen LogP contribution in [0.3, 0.4) is 0 Å². The molecule has 106 valence electrons. The molecule has 2 N–H and O–H groups in total. The number of nitrogens with zero attached hydrogens (tertiary/aromatic N) is 1. The Morgan fingerprint density at radius 3 is 2.76 bits per heavy atom. The topological polar surface area (TPSA) is 62.2 Å². The first kappa shape index (κ1) is 15.0. The van der Waals surface area contributed by atoms with Crippen molar-refractivity contribution in [3.05, 3.63) is 58.9 Å². The van der Waals surface area contributed by atoms with Crippen LogP contribution in [0.25, 0.3) is 0 Å². The second kappa shape index (κ2) is 7.44. The molecule has 0 atom stereocenters. The highest BCUT2D eigenvalue weighted by Gasteiger charge is 2.07. The minimum atomic E-state index is -0.268. The number of hydrogen-bond donors (Lipinski definition) is 2. The Labute approximate surface area is 127 Å². The van der Waals surface area contributed by atoms with Crippen LogP contribution in [0.5, 0.6) is 0 Å². The summed E-state index contributed by atoms with van der Waals surface area (Å²) in [6.45, 7) is 0.0111. The Balaban J connectivity index is 2.11. The number of anilines is 1. The second-order valence-electron chi connectivity index (χ2n) is 4.20. The van der Waals surface area contributed by atoms with Crippen LogP contribution in [0.2, 0.25) is 5.02 Å². The zero-order valence-corrected chi connectivity index (χ0v) is 11.9. The monoisotopic (exact) mass is 300 g/mol. The third-order valence-electron chi connectivity index (χ3n) is 2.57. The van der Waals surface area contributed by atoms with Crippen molar-refractivity contribution in [2.45, 2.75) is 6.42 Å². The molecule has 0 aliphatic rings. The van der Waals surface area contributed by atoms with Gasteiger partial charge >= 0.3 is 0 Å². The van der Waals surface area contributed by atoms with Gasteiger partial charge < -0.3 is 10.4 Å². The highest BCUT2D eigenvalue weighted by molar-refractivity contribution is 6.30. The third-order valence-corrected chi connectivity index (χ3v) is 2.82. The van der Waals surface area contributed by atoms with E-state index in [1.54, 1.807) is 36.5 Å². The van der Waals surface area contributed by atoms with Gasteiger partial charge in [0.25, 0.3) is 5.91 Å². The molecule has 1 aromatic heterocycles. The molecule has 1 heterocycles. The smallest absolute Gasteiger partial charge is 0.257 e. The van der Waals surface area contributed by atoms with E-state index in [4.69, 9.17) is 16.7 Å². The Bertz CT molecular complexity index is 687. The standard InChI is InChI=1S/C16H13ClN2O2/c17-14-4-6-15(7-5-14)19-16(21)13-9-12(10-18-11-13)3-1-2-8-20/h4-7,9-11,20H,2,8H2,(H,19,21). The number of aliphatic hydroxyl groups excluding tert-OH is 1. The van der Waals surface area contributed by atoms with E-state index in [2.05, 4.69) is 22.1 Å². The van der Waals surface area contributed by atoms with Crippen LogP contribution in [-0.4, -0.2) is 22.6 Å². The van der Waals surface area contributed by atoms with Crippen molar-refractivity contribution in [3.63, 3.8) is 0 Å². The molecule has 0 radical (unpaired) electrons. The van der Waals surface area contributed by atoms with Crippen LogP contribution in [0, 0.1) is 11.8 Å². The maximum atomic E-state index is 12.1. The van der Waals surface area contributed by atoms with Crippen molar-refractivity contribution in [2.24, 2.45) is 0 Å². The van der Waals surface area contributed by atoms with Gasteiger partial charge in [-0.2, -0.15) is 0 Å². The number of aromatic nitrogens is 1. The fourth-order valence-corrected chi connectivity index (χ4v) is 1.72. The number of aliphatic hydroxyl groups is 1. The van der Waals surface area contributed by atoms with Crippen molar-refractivity contribution in [3.8, 4) is 11.8 Å². The van der Waals surface area contributed by atoms with Gasteiger partial charge in [-0.1, -0.05) is 23.4 Å². The molecule has 21 heavy (non-hydrogen) atoms. The molecule has 0 spiro atoms. The average molecular weight is 301 g/mol. The van der Waals surface area contributed by atoms with Crippen molar-refractivity contribution >= 4 is 23.2 Å². The molecule has 2 aromatic rings. The van der Waals surface area contributed by atoms with Crippen molar-refractivity contribution in [2.75, 3.05) is 11.9 Å². The lowest BCUT2D eigenvalue weighted by atomic mass is 10.2. The molecule has 5 heteroatoms. The summed E-state index contributed by atoms with van der Waals surface area (Å²) >= 11 is 5.79. The minimum Gasteiger partial charge on any atom is -0.395 e. The Morgan fingerprint density at radius 1 is 1.29 bits per heavy atom. The summed E-state index contributed by atoms with van der Waals surface area (Å²) in [5.41, 5.74) is 1.70. The quantitative estimate of drug-likeness (QED) is 0.857. The molecule has 1 amide bonds. The molecule has 0 aliphatic carbocycles. The van der Waals surface area contributed by atoms with E-state index in [1.807, 2.05) is 0 Å².